The van der Waals surface area contributed by atoms with Gasteiger partial charge in [-0.3, -0.25) is 9.10 Å². The third-order valence-electron chi connectivity index (χ3n) is 5.70. The van der Waals surface area contributed by atoms with E-state index < -0.39 is 10.0 Å². The van der Waals surface area contributed by atoms with Crippen molar-refractivity contribution in [2.45, 2.75) is 11.3 Å². The molecule has 0 aromatic heterocycles. The minimum atomic E-state index is -3.85. The van der Waals surface area contributed by atoms with Crippen LogP contribution in [0.5, 0.6) is 5.75 Å². The first-order valence-corrected chi connectivity index (χ1v) is 12.5. The number of para-hydroxylation sites is 3. The van der Waals surface area contributed by atoms with Crippen molar-refractivity contribution in [1.82, 2.24) is 0 Å². The molecule has 4 rings (SSSR count). The second-order valence-corrected chi connectivity index (χ2v) is 9.91. The van der Waals surface area contributed by atoms with Gasteiger partial charge in [0.2, 0.25) is 0 Å². The van der Waals surface area contributed by atoms with Gasteiger partial charge >= 0.3 is 0 Å². The lowest BCUT2D eigenvalue weighted by Gasteiger charge is -2.21. The lowest BCUT2D eigenvalue weighted by molar-refractivity contribution is 0.102. The van der Waals surface area contributed by atoms with Gasteiger partial charge in [0.05, 0.1) is 17.7 Å². The van der Waals surface area contributed by atoms with Crippen LogP contribution in [0.1, 0.15) is 21.5 Å². The first-order valence-electron chi connectivity index (χ1n) is 11.1. The van der Waals surface area contributed by atoms with Gasteiger partial charge in [-0.2, -0.15) is 0 Å². The fourth-order valence-corrected chi connectivity index (χ4v) is 4.97. The number of nitrogens with zero attached hydrogens (tertiary/aromatic N) is 1. The van der Waals surface area contributed by atoms with Crippen LogP contribution in [-0.4, -0.2) is 28.5 Å². The molecule has 0 aliphatic rings. The number of methoxy groups -OCH3 is 1. The molecule has 0 unspecified atom stereocenters. The van der Waals surface area contributed by atoms with Gasteiger partial charge in [0.15, 0.2) is 0 Å². The maximum atomic E-state index is 13.2. The van der Waals surface area contributed by atoms with Crippen LogP contribution < -0.4 is 14.4 Å². The first-order chi connectivity index (χ1) is 16.9. The highest BCUT2D eigenvalue weighted by Gasteiger charge is 2.24. The first kappa shape index (κ1) is 24.0. The minimum absolute atomic E-state index is 0.0759. The second kappa shape index (κ2) is 10.4. The molecule has 0 radical (unpaired) electrons. The molecular weight excluding hydrogens is 460 g/mol. The molecule has 1 N–H and O–H groups in total. The molecule has 178 valence electrons. The number of carbonyl (C=O) groups excluding carboxylic acids is 1. The van der Waals surface area contributed by atoms with Gasteiger partial charge in [-0.05, 0) is 60.0 Å². The molecule has 0 atom stereocenters. The minimum Gasteiger partial charge on any atom is -0.495 e. The molecule has 0 heterocycles. The van der Waals surface area contributed by atoms with Crippen LogP contribution in [0.15, 0.2) is 108 Å². The summed E-state index contributed by atoms with van der Waals surface area (Å²) in [4.78, 5) is 13.0. The van der Waals surface area contributed by atoms with Crippen molar-refractivity contribution < 1.29 is 17.9 Å². The van der Waals surface area contributed by atoms with Crippen LogP contribution in [-0.2, 0) is 16.4 Å². The number of anilines is 2. The zero-order valence-electron chi connectivity index (χ0n) is 19.5. The number of hydrogen-bond acceptors (Lipinski definition) is 4. The standard InChI is InChI=1S/C28H26N2O4S/c1-30(26-14-8-9-15-27(26)34-2)35(32,33)24-18-16-22(17-19-24)28(31)29-25-13-7-6-12-23(25)20-21-10-4-3-5-11-21/h3-19H,20H2,1-2H3,(H,29,31). The summed E-state index contributed by atoms with van der Waals surface area (Å²) in [5.41, 5.74) is 3.63. The van der Waals surface area contributed by atoms with Gasteiger partial charge in [-0.1, -0.05) is 60.7 Å². The summed E-state index contributed by atoms with van der Waals surface area (Å²) in [6, 6.07) is 30.4. The zero-order chi connectivity index (χ0) is 24.8. The van der Waals surface area contributed by atoms with E-state index in [-0.39, 0.29) is 10.8 Å². The molecule has 0 bridgehead atoms. The Labute approximate surface area is 205 Å². The summed E-state index contributed by atoms with van der Waals surface area (Å²) in [5, 5.41) is 2.95. The third-order valence-corrected chi connectivity index (χ3v) is 7.49. The largest absolute Gasteiger partial charge is 0.495 e. The fraction of sp³-hybridized carbons (Fsp3) is 0.107. The van der Waals surface area contributed by atoms with E-state index in [0.29, 0.717) is 29.1 Å². The molecule has 0 saturated carbocycles. The van der Waals surface area contributed by atoms with Crippen LogP contribution in [0.25, 0.3) is 0 Å². The highest BCUT2D eigenvalue weighted by Crippen LogP contribution is 2.31. The summed E-state index contributed by atoms with van der Waals surface area (Å²) >= 11 is 0. The highest BCUT2D eigenvalue weighted by molar-refractivity contribution is 7.92. The summed E-state index contributed by atoms with van der Waals surface area (Å²) in [5.74, 6) is 0.135. The Morgan fingerprint density at radius 3 is 2.17 bits per heavy atom. The Kier molecular flexibility index (Phi) is 7.17. The molecular formula is C28H26N2O4S. The molecule has 1 amide bonds. The Morgan fingerprint density at radius 2 is 1.46 bits per heavy atom. The number of amides is 1. The van der Waals surface area contributed by atoms with Crippen molar-refractivity contribution in [2.75, 3.05) is 23.8 Å². The van der Waals surface area contributed by atoms with Gasteiger partial charge in [0, 0.05) is 18.3 Å². The van der Waals surface area contributed by atoms with Crippen molar-refractivity contribution in [2.24, 2.45) is 0 Å². The molecule has 0 fully saturated rings. The molecule has 4 aromatic rings. The lowest BCUT2D eigenvalue weighted by atomic mass is 10.0. The number of ether oxygens (including phenoxy) is 1. The van der Waals surface area contributed by atoms with Gasteiger partial charge < -0.3 is 10.1 Å². The van der Waals surface area contributed by atoms with Crippen LogP contribution in [0.2, 0.25) is 0 Å². The summed E-state index contributed by atoms with van der Waals surface area (Å²) in [6.45, 7) is 0. The molecule has 7 heteroatoms. The number of sulfonamides is 1. The van der Waals surface area contributed by atoms with Crippen molar-refractivity contribution in [3.63, 3.8) is 0 Å². The smallest absolute Gasteiger partial charge is 0.264 e. The van der Waals surface area contributed by atoms with Crippen molar-refractivity contribution in [3.8, 4) is 5.75 Å². The number of benzene rings is 4. The Bertz CT molecular complexity index is 1420. The predicted octanol–water partition coefficient (Wildman–Crippen LogP) is 5.36. The van der Waals surface area contributed by atoms with E-state index in [4.69, 9.17) is 4.74 Å². The second-order valence-electron chi connectivity index (χ2n) is 7.94. The molecule has 0 aliphatic carbocycles. The number of rotatable bonds is 8. The van der Waals surface area contributed by atoms with E-state index in [1.54, 1.807) is 24.3 Å². The molecule has 0 spiro atoms. The number of hydrogen-bond donors (Lipinski definition) is 1. The van der Waals surface area contributed by atoms with E-state index >= 15 is 0 Å². The summed E-state index contributed by atoms with van der Waals surface area (Å²) in [7, 11) is -0.885. The summed E-state index contributed by atoms with van der Waals surface area (Å²) in [6.07, 6.45) is 0.684. The van der Waals surface area contributed by atoms with E-state index in [0.717, 1.165) is 11.1 Å². The Balaban J connectivity index is 1.52. The van der Waals surface area contributed by atoms with Gasteiger partial charge in [0.25, 0.3) is 15.9 Å². The summed E-state index contributed by atoms with van der Waals surface area (Å²) < 4.78 is 32.8. The van der Waals surface area contributed by atoms with Gasteiger partial charge in [-0.15, -0.1) is 0 Å². The number of carbonyl (C=O) groups is 1. The van der Waals surface area contributed by atoms with Crippen molar-refractivity contribution in [1.29, 1.82) is 0 Å². The lowest BCUT2D eigenvalue weighted by Crippen LogP contribution is -2.27. The average molecular weight is 487 g/mol. The fourth-order valence-electron chi connectivity index (χ4n) is 3.76. The van der Waals surface area contributed by atoms with Crippen LogP contribution in [0.4, 0.5) is 11.4 Å². The van der Waals surface area contributed by atoms with E-state index in [2.05, 4.69) is 5.32 Å². The Hall–Kier alpha value is -4.10. The maximum Gasteiger partial charge on any atom is 0.264 e. The van der Waals surface area contributed by atoms with Gasteiger partial charge in [-0.25, -0.2) is 8.42 Å². The maximum absolute atomic E-state index is 13.2. The van der Waals surface area contributed by atoms with Crippen molar-refractivity contribution in [3.05, 3.63) is 120 Å². The normalized spacial score (nSPS) is 11.0. The molecule has 0 saturated heterocycles. The van der Waals surface area contributed by atoms with E-state index in [9.17, 15) is 13.2 Å². The van der Waals surface area contributed by atoms with Crippen LogP contribution in [0.3, 0.4) is 0 Å². The quantitative estimate of drug-likeness (QED) is 0.364. The molecule has 0 aliphatic heterocycles. The molecule has 35 heavy (non-hydrogen) atoms. The van der Waals surface area contributed by atoms with Crippen LogP contribution >= 0.6 is 0 Å². The monoisotopic (exact) mass is 486 g/mol. The topological polar surface area (TPSA) is 75.7 Å². The highest BCUT2D eigenvalue weighted by atomic mass is 32.2. The SMILES string of the molecule is COc1ccccc1N(C)S(=O)(=O)c1ccc(C(=O)Nc2ccccc2Cc2ccccc2)cc1. The van der Waals surface area contributed by atoms with E-state index in [1.165, 1.54) is 42.7 Å². The number of nitrogens with one attached hydrogen (secondary N) is 1. The van der Waals surface area contributed by atoms with Crippen molar-refractivity contribution >= 4 is 27.3 Å². The molecule has 4 aromatic carbocycles. The van der Waals surface area contributed by atoms with E-state index in [1.807, 2.05) is 54.6 Å². The van der Waals surface area contributed by atoms with Gasteiger partial charge in [0.1, 0.15) is 5.75 Å². The van der Waals surface area contributed by atoms with Crippen LogP contribution in [0, 0.1) is 0 Å². The third kappa shape index (κ3) is 5.36. The average Bonchev–Trinajstić information content (AvgIpc) is 2.90. The molecule has 6 nitrogen and oxygen atoms in total. The zero-order valence-corrected chi connectivity index (χ0v) is 20.3. The Morgan fingerprint density at radius 1 is 0.829 bits per heavy atom. The predicted molar refractivity (Wildman–Crippen MR) is 139 cm³/mol.